The molecule has 3 aromatic heterocycles. The van der Waals surface area contributed by atoms with Gasteiger partial charge in [-0.3, -0.25) is 4.68 Å². The number of pyridine rings is 1. The molecule has 4 aromatic carbocycles. The van der Waals surface area contributed by atoms with Crippen LogP contribution in [-0.4, -0.2) is 47.5 Å². The third kappa shape index (κ3) is 6.02. The van der Waals surface area contributed by atoms with E-state index >= 15 is 0 Å². The van der Waals surface area contributed by atoms with Gasteiger partial charge in [0, 0.05) is 80.1 Å². The molecule has 0 N–H and O–H groups in total. The van der Waals surface area contributed by atoms with Crippen molar-refractivity contribution in [1.82, 2.24) is 19.3 Å². The number of fused-ring (bicyclic) bond motifs is 3. The summed E-state index contributed by atoms with van der Waals surface area (Å²) in [5, 5.41) is 7.06. The number of hydrogen-bond acceptors (Lipinski definition) is 5. The molecule has 0 bridgehead atoms. The summed E-state index contributed by atoms with van der Waals surface area (Å²) in [6.45, 7) is 10.7. The molecule has 0 spiro atoms. The van der Waals surface area contributed by atoms with Crippen molar-refractivity contribution in [3.63, 3.8) is 0 Å². The number of anilines is 2. The van der Waals surface area contributed by atoms with E-state index in [0.717, 1.165) is 50.0 Å². The molecule has 7 aromatic rings. The van der Waals surface area contributed by atoms with Gasteiger partial charge in [-0.15, -0.1) is 35.7 Å². The third-order valence-electron chi connectivity index (χ3n) is 9.20. The van der Waals surface area contributed by atoms with Crippen LogP contribution in [0.2, 0.25) is 0 Å². The van der Waals surface area contributed by atoms with E-state index in [4.69, 9.17) is 14.8 Å². The van der Waals surface area contributed by atoms with Crippen LogP contribution in [-0.2, 0) is 21.1 Å². The van der Waals surface area contributed by atoms with Gasteiger partial charge >= 0.3 is 21.1 Å². The van der Waals surface area contributed by atoms with Crippen LogP contribution in [0.3, 0.4) is 0 Å². The van der Waals surface area contributed by atoms with E-state index in [-0.39, 0.29) is 21.1 Å². The van der Waals surface area contributed by atoms with Crippen molar-refractivity contribution in [2.24, 2.45) is 0 Å². The van der Waals surface area contributed by atoms with Gasteiger partial charge in [-0.25, -0.2) is 4.98 Å². The van der Waals surface area contributed by atoms with E-state index in [1.54, 1.807) is 0 Å². The van der Waals surface area contributed by atoms with E-state index in [0.29, 0.717) is 11.5 Å². The summed E-state index contributed by atoms with van der Waals surface area (Å²) < 4.78 is 10.5. The molecule has 49 heavy (non-hydrogen) atoms. The Labute approximate surface area is 303 Å². The number of benzene rings is 4. The van der Waals surface area contributed by atoms with E-state index < -0.39 is 0 Å². The summed E-state index contributed by atoms with van der Waals surface area (Å²) in [6, 6.07) is 27.6. The van der Waals surface area contributed by atoms with Crippen molar-refractivity contribution >= 4 is 33.2 Å². The Morgan fingerprint density at radius 1 is 0.714 bits per heavy atom. The Bertz CT molecular complexity index is 2310. The largest absolute Gasteiger partial charge is 2.00 e. The number of aryl methyl sites for hydroxylation is 2. The van der Waals surface area contributed by atoms with Crippen molar-refractivity contribution < 1.29 is 25.8 Å². The van der Waals surface area contributed by atoms with Crippen LogP contribution in [0.25, 0.3) is 44.4 Å². The molecular weight excluding hydrogens is 788 g/mol. The van der Waals surface area contributed by atoms with Gasteiger partial charge in [-0.2, -0.15) is 16.7 Å². The molecule has 250 valence electrons. The number of ether oxygens (including phenoxy) is 1. The molecule has 0 unspecified atom stereocenters. The Morgan fingerprint density at radius 3 is 2.12 bits per heavy atom. The first-order valence-corrected chi connectivity index (χ1v) is 16.2. The molecule has 7 nitrogen and oxygen atoms in total. The van der Waals surface area contributed by atoms with Crippen LogP contribution >= 0.6 is 0 Å². The van der Waals surface area contributed by atoms with Crippen LogP contribution < -0.4 is 14.5 Å². The van der Waals surface area contributed by atoms with Crippen molar-refractivity contribution in [2.45, 2.75) is 34.6 Å². The van der Waals surface area contributed by atoms with Crippen LogP contribution in [0.15, 0.2) is 79.3 Å². The van der Waals surface area contributed by atoms with Gasteiger partial charge in [0.15, 0.2) is 0 Å². The van der Waals surface area contributed by atoms with Crippen LogP contribution in [0, 0.1) is 46.8 Å². The Kier molecular flexibility index (Phi) is 9.17. The monoisotopic (exact) mass is 827 g/mol. The number of rotatable bonds is 7. The molecule has 0 aliphatic heterocycles. The van der Waals surface area contributed by atoms with Crippen molar-refractivity contribution in [3.05, 3.63) is 119 Å². The zero-order chi connectivity index (χ0) is 33.9. The maximum Gasteiger partial charge on any atom is 2.00 e. The Balaban J connectivity index is 0.00000417. The molecule has 3 heterocycles. The summed E-state index contributed by atoms with van der Waals surface area (Å²) in [5.41, 5.74) is 13.4. The van der Waals surface area contributed by atoms with Gasteiger partial charge < -0.3 is 19.1 Å². The molecule has 0 saturated heterocycles. The maximum absolute atomic E-state index is 6.48. The zero-order valence-corrected chi connectivity index (χ0v) is 31.7. The maximum atomic E-state index is 6.48. The zero-order valence-electron chi connectivity index (χ0n) is 29.4. The molecular formula is C41H40N6OPt. The fourth-order valence-electron chi connectivity index (χ4n) is 6.87. The fraction of sp³-hybridized carbons (Fsp3) is 0.220. The minimum atomic E-state index is 0. The third-order valence-corrected chi connectivity index (χ3v) is 9.20. The second-order valence-corrected chi connectivity index (χ2v) is 13.0. The van der Waals surface area contributed by atoms with Crippen LogP contribution in [0.4, 0.5) is 11.4 Å². The van der Waals surface area contributed by atoms with Crippen molar-refractivity contribution in [3.8, 4) is 34.1 Å². The number of nitrogens with zero attached hydrogens (tertiary/aromatic N) is 6. The minimum Gasteiger partial charge on any atom is -0.509 e. The molecule has 0 atom stereocenters. The molecule has 0 aliphatic rings. The molecule has 0 radical (unpaired) electrons. The van der Waals surface area contributed by atoms with Gasteiger partial charge in [0.25, 0.3) is 0 Å². The fourth-order valence-corrected chi connectivity index (χ4v) is 6.87. The van der Waals surface area contributed by atoms with Gasteiger partial charge in [-0.1, -0.05) is 30.6 Å². The summed E-state index contributed by atoms with van der Waals surface area (Å²) >= 11 is 0. The normalized spacial score (nSPS) is 11.2. The average molecular weight is 828 g/mol. The quantitative estimate of drug-likeness (QED) is 0.150. The number of para-hydroxylation sites is 1. The van der Waals surface area contributed by atoms with E-state index in [1.807, 2.05) is 35.3 Å². The van der Waals surface area contributed by atoms with Gasteiger partial charge in [0.1, 0.15) is 5.82 Å². The van der Waals surface area contributed by atoms with E-state index in [9.17, 15) is 0 Å². The standard InChI is InChI=1S/C41H40N6O.Pt/c1-25-16-17-42-38(20-25)47-36-13-11-10-12-34(36)35-15-14-32(22-37(35)47)48-33-19-26(2)18-31(21-33)46-24-30(23-43-46)39-40(44(6)7)28(4)27(3)29(5)41(39)45(8)9;/h10-20,23-24H,1-9H3;/q-2;+2. The molecule has 0 fully saturated rings. The summed E-state index contributed by atoms with van der Waals surface area (Å²) in [6.07, 6.45) is 5.88. The SMILES string of the molecule is Cc1cc(Oc2[c-]c3c(cc2)c2ccccc2n3-c2cc(C)ccn2)[c-]c(-n2cc(-c3c(N(C)C)c(C)c(C)c(C)c3N(C)C)cn2)c1.[Pt+2]. The average Bonchev–Trinajstić information content (AvgIpc) is 3.66. The predicted octanol–water partition coefficient (Wildman–Crippen LogP) is 9.10. The van der Waals surface area contributed by atoms with Gasteiger partial charge in [-0.05, 0) is 79.2 Å². The first-order valence-electron chi connectivity index (χ1n) is 16.2. The summed E-state index contributed by atoms with van der Waals surface area (Å²) in [5.74, 6) is 2.05. The molecule has 0 aliphatic carbocycles. The van der Waals surface area contributed by atoms with E-state index in [2.05, 4.69) is 138 Å². The molecule has 0 saturated carbocycles. The second kappa shape index (κ2) is 13.2. The van der Waals surface area contributed by atoms with Crippen LogP contribution in [0.5, 0.6) is 11.5 Å². The minimum absolute atomic E-state index is 0. The van der Waals surface area contributed by atoms with Crippen LogP contribution in [0.1, 0.15) is 27.8 Å². The van der Waals surface area contributed by atoms with Crippen molar-refractivity contribution in [2.75, 3.05) is 38.0 Å². The first kappa shape index (κ1) is 34.0. The topological polar surface area (TPSA) is 51.4 Å². The number of hydrogen-bond donors (Lipinski definition) is 0. The molecule has 7 rings (SSSR count). The predicted molar refractivity (Wildman–Crippen MR) is 198 cm³/mol. The van der Waals surface area contributed by atoms with E-state index in [1.165, 1.54) is 33.6 Å². The number of aromatic nitrogens is 4. The van der Waals surface area contributed by atoms with Gasteiger partial charge in [0.05, 0.1) is 6.20 Å². The van der Waals surface area contributed by atoms with Crippen molar-refractivity contribution in [1.29, 1.82) is 0 Å². The first-order chi connectivity index (χ1) is 23.0. The second-order valence-electron chi connectivity index (χ2n) is 13.0. The molecule has 0 amide bonds. The summed E-state index contributed by atoms with van der Waals surface area (Å²) in [7, 11) is 8.42. The smallest absolute Gasteiger partial charge is 0.509 e. The Hall–Kier alpha value is -4.87. The Morgan fingerprint density at radius 2 is 1.43 bits per heavy atom. The summed E-state index contributed by atoms with van der Waals surface area (Å²) in [4.78, 5) is 9.11. The van der Waals surface area contributed by atoms with Gasteiger partial charge in [0.2, 0.25) is 0 Å². The molecule has 8 heteroatoms.